The van der Waals surface area contributed by atoms with Crippen LogP contribution in [-0.4, -0.2) is 15.1 Å². The number of aromatic nitrogens is 2. The Kier molecular flexibility index (Phi) is 1.25. The summed E-state index contributed by atoms with van der Waals surface area (Å²) in [5.74, 6) is 0. The number of hydrogen-bond donors (Lipinski definition) is 0. The van der Waals surface area contributed by atoms with Gasteiger partial charge in [-0.05, 0) is 19.1 Å². The maximum atomic E-state index is 4.78. The van der Waals surface area contributed by atoms with Gasteiger partial charge >= 0.3 is 0 Å². The van der Waals surface area contributed by atoms with Crippen LogP contribution in [0.3, 0.4) is 0 Å². The van der Waals surface area contributed by atoms with Crippen LogP contribution in [0.5, 0.6) is 0 Å². The number of fused-ring (bicyclic) bond motifs is 1. The monoisotopic (exact) mass is 164 g/mol. The lowest BCUT2D eigenvalue weighted by atomic mass is 10.4. The van der Waals surface area contributed by atoms with E-state index in [0.717, 1.165) is 5.69 Å². The Morgan fingerprint density at radius 3 is 2.82 bits per heavy atom. The molecule has 1 aliphatic heterocycles. The van der Waals surface area contributed by atoms with Gasteiger partial charge < -0.3 is 0 Å². The second kappa shape index (κ2) is 2.13. The standard InChI is InChI=1S/C6H4N4S/c1-3-4-5(8-2-7-3)10-6(11)9-4/h2H,1H3. The zero-order valence-corrected chi connectivity index (χ0v) is 6.59. The summed E-state index contributed by atoms with van der Waals surface area (Å²) in [5.41, 5.74) is 1.40. The Labute approximate surface area is 67.7 Å². The highest BCUT2D eigenvalue weighted by atomic mass is 32.1. The number of nitrogens with zero attached hydrogens (tertiary/aromatic N) is 4. The third-order valence-corrected chi connectivity index (χ3v) is 1.58. The van der Waals surface area contributed by atoms with Gasteiger partial charge in [-0.15, -0.1) is 0 Å². The maximum absolute atomic E-state index is 4.78. The fraction of sp³-hybridized carbons (Fsp3) is 0.167. The fourth-order valence-corrected chi connectivity index (χ4v) is 1.06. The first-order chi connectivity index (χ1) is 5.27. The molecule has 0 unspecified atom stereocenters. The van der Waals surface area contributed by atoms with Crippen LogP contribution in [0.2, 0.25) is 0 Å². The molecule has 5 heteroatoms. The van der Waals surface area contributed by atoms with Crippen LogP contribution >= 0.6 is 12.2 Å². The number of rotatable bonds is 0. The van der Waals surface area contributed by atoms with E-state index in [4.69, 9.17) is 12.2 Å². The van der Waals surface area contributed by atoms with E-state index in [1.165, 1.54) is 6.33 Å². The summed E-state index contributed by atoms with van der Waals surface area (Å²) in [6, 6.07) is 0. The normalized spacial score (nSPS) is 13.7. The molecule has 0 bridgehead atoms. The summed E-state index contributed by atoms with van der Waals surface area (Å²) in [7, 11) is 0. The molecule has 1 aliphatic rings. The second-order valence-electron chi connectivity index (χ2n) is 2.14. The Hall–Kier alpha value is -1.23. The van der Waals surface area contributed by atoms with Gasteiger partial charge in [0.25, 0.3) is 0 Å². The summed E-state index contributed by atoms with van der Waals surface area (Å²) >= 11 is 4.78. The zero-order chi connectivity index (χ0) is 7.84. The highest BCUT2D eigenvalue weighted by Gasteiger charge is 2.04. The molecule has 0 spiro atoms. The number of thiocarbonyl (C=S) groups is 1. The summed E-state index contributed by atoms with van der Waals surface area (Å²) < 4.78 is 0. The van der Waals surface area contributed by atoms with Crippen LogP contribution in [0.4, 0.5) is 0 Å². The van der Waals surface area contributed by atoms with E-state index in [0.29, 0.717) is 16.0 Å². The minimum atomic E-state index is 0.337. The predicted octanol–water partition coefficient (Wildman–Crippen LogP) is -0.677. The predicted molar refractivity (Wildman–Crippen MR) is 41.7 cm³/mol. The third-order valence-electron chi connectivity index (χ3n) is 1.39. The van der Waals surface area contributed by atoms with Crippen LogP contribution in [0, 0.1) is 6.92 Å². The average molecular weight is 164 g/mol. The van der Waals surface area contributed by atoms with Gasteiger partial charge in [-0.25, -0.2) is 15.0 Å². The number of hydrogen-bond acceptors (Lipinski definition) is 3. The van der Waals surface area contributed by atoms with Crippen LogP contribution in [0.1, 0.15) is 5.69 Å². The van der Waals surface area contributed by atoms with Crippen molar-refractivity contribution in [2.45, 2.75) is 6.92 Å². The summed E-state index contributed by atoms with van der Waals surface area (Å²) in [5, 5.41) is 1.04. The molecule has 0 aromatic carbocycles. The molecule has 0 amide bonds. The van der Waals surface area contributed by atoms with Crippen molar-refractivity contribution in [1.29, 1.82) is 0 Å². The minimum Gasteiger partial charge on any atom is -0.239 e. The van der Waals surface area contributed by atoms with Crippen LogP contribution in [0.25, 0.3) is 0 Å². The first-order valence-corrected chi connectivity index (χ1v) is 3.47. The highest BCUT2D eigenvalue weighted by Crippen LogP contribution is 1.84. The Morgan fingerprint density at radius 2 is 2.09 bits per heavy atom. The Balaban J connectivity index is 2.97. The van der Waals surface area contributed by atoms with Crippen LogP contribution in [-0.2, 0) is 0 Å². The molecule has 2 rings (SSSR count). The molecule has 54 valence electrons. The third kappa shape index (κ3) is 0.932. The molecular weight excluding hydrogens is 160 g/mol. The topological polar surface area (TPSA) is 50.5 Å². The summed E-state index contributed by atoms with van der Waals surface area (Å²) in [6.45, 7) is 1.85. The van der Waals surface area contributed by atoms with Crippen molar-refractivity contribution >= 4 is 17.3 Å². The van der Waals surface area contributed by atoms with Crippen LogP contribution in [0.15, 0.2) is 16.3 Å². The first kappa shape index (κ1) is 6.48. The second-order valence-corrected chi connectivity index (χ2v) is 2.50. The lowest BCUT2D eigenvalue weighted by molar-refractivity contribution is 1.00. The molecule has 4 nitrogen and oxygen atoms in total. The van der Waals surface area contributed by atoms with Gasteiger partial charge in [0.15, 0.2) is 5.49 Å². The van der Waals surface area contributed by atoms with Crippen molar-refractivity contribution in [1.82, 2.24) is 9.97 Å². The summed E-state index contributed by atoms with van der Waals surface area (Å²) in [6.07, 6.45) is 1.46. The first-order valence-electron chi connectivity index (χ1n) is 3.06. The SMILES string of the molecule is Cc1ncnc2c1=NC(=S)N=2. The molecule has 0 radical (unpaired) electrons. The Bertz CT molecular complexity index is 436. The van der Waals surface area contributed by atoms with Gasteiger partial charge in [-0.3, -0.25) is 0 Å². The molecule has 1 aromatic heterocycles. The smallest absolute Gasteiger partial charge is 0.222 e. The molecule has 0 atom stereocenters. The van der Waals surface area contributed by atoms with E-state index in [-0.39, 0.29) is 0 Å². The lowest BCUT2D eigenvalue weighted by Gasteiger charge is -1.84. The van der Waals surface area contributed by atoms with Crippen molar-refractivity contribution in [3.8, 4) is 0 Å². The average Bonchev–Trinajstić information content (AvgIpc) is 2.31. The van der Waals surface area contributed by atoms with E-state index >= 15 is 0 Å². The van der Waals surface area contributed by atoms with Gasteiger partial charge in [0, 0.05) is 0 Å². The summed E-state index contributed by atoms with van der Waals surface area (Å²) in [4.78, 5) is 15.8. The van der Waals surface area contributed by atoms with Gasteiger partial charge in [0.2, 0.25) is 5.11 Å². The molecule has 11 heavy (non-hydrogen) atoms. The van der Waals surface area contributed by atoms with E-state index < -0.39 is 0 Å². The van der Waals surface area contributed by atoms with Crippen molar-refractivity contribution in [2.24, 2.45) is 9.98 Å². The van der Waals surface area contributed by atoms with E-state index in [1.807, 2.05) is 6.92 Å². The molecule has 0 saturated carbocycles. The van der Waals surface area contributed by atoms with E-state index in [1.54, 1.807) is 0 Å². The molecular formula is C6H4N4S. The quantitative estimate of drug-likeness (QED) is 0.477. The molecule has 0 N–H and O–H groups in total. The molecule has 0 fully saturated rings. The van der Waals surface area contributed by atoms with Crippen molar-refractivity contribution in [2.75, 3.05) is 0 Å². The maximum Gasteiger partial charge on any atom is 0.222 e. The fourth-order valence-electron chi connectivity index (χ4n) is 0.878. The van der Waals surface area contributed by atoms with E-state index in [9.17, 15) is 0 Å². The zero-order valence-electron chi connectivity index (χ0n) is 5.77. The number of aryl methyl sites for hydroxylation is 1. The van der Waals surface area contributed by atoms with E-state index in [2.05, 4.69) is 20.0 Å². The van der Waals surface area contributed by atoms with Crippen molar-refractivity contribution in [3.63, 3.8) is 0 Å². The highest BCUT2D eigenvalue weighted by molar-refractivity contribution is 7.80. The molecule has 2 heterocycles. The molecule has 0 saturated heterocycles. The van der Waals surface area contributed by atoms with Gasteiger partial charge in [-0.2, -0.15) is 4.99 Å². The van der Waals surface area contributed by atoms with Gasteiger partial charge in [0.05, 0.1) is 5.69 Å². The minimum absolute atomic E-state index is 0.337. The van der Waals surface area contributed by atoms with Gasteiger partial charge in [0.1, 0.15) is 11.7 Å². The lowest BCUT2D eigenvalue weighted by Crippen LogP contribution is -2.28. The Morgan fingerprint density at radius 1 is 1.27 bits per heavy atom. The molecule has 0 aliphatic carbocycles. The van der Waals surface area contributed by atoms with Crippen LogP contribution < -0.4 is 10.8 Å². The largest absolute Gasteiger partial charge is 0.239 e. The van der Waals surface area contributed by atoms with Crippen molar-refractivity contribution in [3.05, 3.63) is 22.9 Å². The molecule has 1 aromatic rings. The van der Waals surface area contributed by atoms with Gasteiger partial charge in [-0.1, -0.05) is 0 Å². The van der Waals surface area contributed by atoms with Crippen molar-refractivity contribution < 1.29 is 0 Å².